The Morgan fingerprint density at radius 2 is 1.84 bits per heavy atom. The number of nitro benzene ring substituents is 2. The van der Waals surface area contributed by atoms with Gasteiger partial charge in [-0.3, -0.25) is 25.0 Å². The number of nitrogens with one attached hydrogen (secondary N) is 1. The fraction of sp³-hybridized carbons (Fsp3) is 0.0833. The zero-order chi connectivity index (χ0) is 26.5. The number of carbonyl (C=O) groups is 1. The summed E-state index contributed by atoms with van der Waals surface area (Å²) < 4.78 is 12.5. The second-order valence-electron chi connectivity index (χ2n) is 7.54. The lowest BCUT2D eigenvalue weighted by molar-refractivity contribution is -0.385. The first-order valence-corrected chi connectivity index (χ1v) is 12.1. The highest BCUT2D eigenvalue weighted by Crippen LogP contribution is 2.37. The second kappa shape index (κ2) is 11.1. The van der Waals surface area contributed by atoms with Crippen molar-refractivity contribution in [3.8, 4) is 11.5 Å². The molecule has 0 fully saturated rings. The Balaban J connectivity index is 1.44. The van der Waals surface area contributed by atoms with Crippen molar-refractivity contribution in [2.24, 2.45) is 5.10 Å². The predicted molar refractivity (Wildman–Crippen MR) is 142 cm³/mol. The van der Waals surface area contributed by atoms with Crippen molar-refractivity contribution in [2.75, 3.05) is 7.11 Å². The summed E-state index contributed by atoms with van der Waals surface area (Å²) >= 11 is 4.63. The molecular weight excluding hydrogens is 568 g/mol. The van der Waals surface area contributed by atoms with Gasteiger partial charge in [0.15, 0.2) is 11.5 Å². The van der Waals surface area contributed by atoms with Crippen molar-refractivity contribution in [1.82, 2.24) is 5.43 Å². The molecule has 4 rings (SSSR count). The number of thiophene rings is 1. The lowest BCUT2D eigenvalue weighted by atomic mass is 10.2. The van der Waals surface area contributed by atoms with E-state index in [-0.39, 0.29) is 18.0 Å². The van der Waals surface area contributed by atoms with Crippen molar-refractivity contribution in [3.05, 3.63) is 101 Å². The average Bonchev–Trinajstić information content (AvgIpc) is 3.31. The smallest absolute Gasteiger partial charge is 0.281 e. The molecule has 1 aromatic heterocycles. The molecule has 37 heavy (non-hydrogen) atoms. The van der Waals surface area contributed by atoms with Gasteiger partial charge in [0, 0.05) is 34.4 Å². The van der Waals surface area contributed by atoms with Crippen LogP contribution in [0.15, 0.2) is 70.2 Å². The van der Waals surface area contributed by atoms with Crippen LogP contribution >= 0.6 is 27.3 Å². The minimum Gasteiger partial charge on any atom is -0.493 e. The number of carbonyl (C=O) groups excluding carboxylic acids is 1. The van der Waals surface area contributed by atoms with Gasteiger partial charge >= 0.3 is 0 Å². The second-order valence-corrected chi connectivity index (χ2v) is 9.48. The molecule has 0 atom stereocenters. The number of hydrogen-bond acceptors (Lipinski definition) is 9. The maximum Gasteiger partial charge on any atom is 0.281 e. The summed E-state index contributed by atoms with van der Waals surface area (Å²) in [6.07, 6.45) is 1.42. The van der Waals surface area contributed by atoms with Gasteiger partial charge in [0.05, 0.1) is 32.5 Å². The Hall–Kier alpha value is -4.36. The van der Waals surface area contributed by atoms with Crippen LogP contribution in [-0.2, 0) is 6.61 Å². The molecule has 0 radical (unpaired) electrons. The van der Waals surface area contributed by atoms with Crippen LogP contribution in [0.2, 0.25) is 0 Å². The number of methoxy groups -OCH3 is 1. The van der Waals surface area contributed by atoms with E-state index in [0.717, 1.165) is 4.70 Å². The zero-order valence-electron chi connectivity index (χ0n) is 19.0. The number of nitro groups is 2. The van der Waals surface area contributed by atoms with Crippen molar-refractivity contribution in [2.45, 2.75) is 6.61 Å². The highest BCUT2D eigenvalue weighted by atomic mass is 79.9. The van der Waals surface area contributed by atoms with E-state index in [1.54, 1.807) is 36.4 Å². The van der Waals surface area contributed by atoms with Gasteiger partial charge in [-0.25, -0.2) is 5.43 Å². The minimum absolute atomic E-state index is 0.0299. The molecule has 4 aromatic rings. The maximum absolute atomic E-state index is 12.5. The molecule has 13 heteroatoms. The number of hydrazone groups is 1. The van der Waals surface area contributed by atoms with Gasteiger partial charge in [-0.2, -0.15) is 5.10 Å². The highest BCUT2D eigenvalue weighted by Gasteiger charge is 2.15. The van der Waals surface area contributed by atoms with Gasteiger partial charge in [0.2, 0.25) is 0 Å². The van der Waals surface area contributed by atoms with Crippen LogP contribution < -0.4 is 14.9 Å². The van der Waals surface area contributed by atoms with Crippen molar-refractivity contribution in [1.29, 1.82) is 0 Å². The summed E-state index contributed by atoms with van der Waals surface area (Å²) in [5.41, 5.74) is 3.58. The lowest BCUT2D eigenvalue weighted by Gasteiger charge is -2.13. The first-order chi connectivity index (χ1) is 17.7. The van der Waals surface area contributed by atoms with Crippen LogP contribution in [0.3, 0.4) is 0 Å². The molecule has 0 saturated carbocycles. The number of nitrogens with zero attached hydrogens (tertiary/aromatic N) is 3. The summed E-state index contributed by atoms with van der Waals surface area (Å²) in [5, 5.41) is 26.5. The van der Waals surface area contributed by atoms with Crippen molar-refractivity contribution in [3.63, 3.8) is 0 Å². The number of halogens is 1. The molecule has 0 unspecified atom stereocenters. The van der Waals surface area contributed by atoms with Gasteiger partial charge in [-0.1, -0.05) is 12.1 Å². The summed E-state index contributed by atoms with van der Waals surface area (Å²) in [4.78, 5) is 33.8. The van der Waals surface area contributed by atoms with Crippen molar-refractivity contribution >= 4 is 60.8 Å². The molecular formula is C24H17BrN4O7S. The Labute approximate surface area is 221 Å². The number of amides is 1. The summed E-state index contributed by atoms with van der Waals surface area (Å²) in [7, 11) is 1.47. The number of benzene rings is 3. The van der Waals surface area contributed by atoms with Crippen LogP contribution in [-0.4, -0.2) is 29.1 Å². The largest absolute Gasteiger partial charge is 0.493 e. The van der Waals surface area contributed by atoms with E-state index in [0.29, 0.717) is 37.4 Å². The number of hydrogen-bond donors (Lipinski definition) is 1. The molecule has 11 nitrogen and oxygen atoms in total. The third-order valence-electron chi connectivity index (χ3n) is 5.07. The van der Waals surface area contributed by atoms with E-state index < -0.39 is 15.8 Å². The lowest BCUT2D eigenvalue weighted by Crippen LogP contribution is -2.16. The Kier molecular flexibility index (Phi) is 7.74. The quantitative estimate of drug-likeness (QED) is 0.148. The molecule has 188 valence electrons. The minimum atomic E-state index is -0.488. The molecule has 0 aliphatic carbocycles. The van der Waals surface area contributed by atoms with E-state index in [1.807, 2.05) is 0 Å². The van der Waals surface area contributed by atoms with E-state index in [4.69, 9.17) is 9.47 Å². The van der Waals surface area contributed by atoms with E-state index >= 15 is 0 Å². The average molecular weight is 585 g/mol. The third-order valence-corrected chi connectivity index (χ3v) is 6.77. The number of ether oxygens (including phenoxy) is 2. The van der Waals surface area contributed by atoms with Crippen LogP contribution in [0, 0.1) is 20.2 Å². The van der Waals surface area contributed by atoms with Crippen LogP contribution in [0.25, 0.3) is 10.1 Å². The van der Waals surface area contributed by atoms with Crippen LogP contribution in [0.1, 0.15) is 20.8 Å². The first-order valence-electron chi connectivity index (χ1n) is 10.5. The number of non-ortho nitro benzene ring substituents is 2. The summed E-state index contributed by atoms with van der Waals surface area (Å²) in [6, 6.07) is 15.5. The Bertz CT molecular complexity index is 1550. The van der Waals surface area contributed by atoms with Gasteiger partial charge in [0.1, 0.15) is 6.61 Å². The molecule has 1 N–H and O–H groups in total. The molecule has 1 heterocycles. The summed E-state index contributed by atoms with van der Waals surface area (Å²) in [6.45, 7) is 0.0818. The van der Waals surface area contributed by atoms with Crippen LogP contribution in [0.5, 0.6) is 11.5 Å². The molecule has 0 bridgehead atoms. The zero-order valence-corrected chi connectivity index (χ0v) is 21.4. The normalized spacial score (nSPS) is 11.0. The maximum atomic E-state index is 12.5. The summed E-state index contributed by atoms with van der Waals surface area (Å²) in [5.74, 6) is 0.330. The van der Waals surface area contributed by atoms with Crippen molar-refractivity contribution < 1.29 is 24.1 Å². The fourth-order valence-electron chi connectivity index (χ4n) is 3.35. The standard InChI is InChI=1S/C24H17BrN4O7S/c1-35-20-9-15(8-19(25)23(20)36-13-14-3-2-4-17(7-14)28(31)32)12-26-27-24(30)22-11-16-10-18(29(33)34)5-6-21(16)37-22/h2-12H,13H2,1H3,(H,27,30)/b26-12-. The molecule has 0 saturated heterocycles. The third kappa shape index (κ3) is 6.08. The van der Waals surface area contributed by atoms with Crippen LogP contribution in [0.4, 0.5) is 11.4 Å². The molecule has 3 aromatic carbocycles. The molecule has 0 spiro atoms. The molecule has 0 aliphatic rings. The van der Waals surface area contributed by atoms with Gasteiger partial charge in [-0.15, -0.1) is 11.3 Å². The topological polar surface area (TPSA) is 146 Å². The highest BCUT2D eigenvalue weighted by molar-refractivity contribution is 9.10. The Morgan fingerprint density at radius 3 is 2.57 bits per heavy atom. The number of rotatable bonds is 9. The van der Waals surface area contributed by atoms with E-state index in [9.17, 15) is 25.0 Å². The van der Waals surface area contributed by atoms with E-state index in [2.05, 4.69) is 26.5 Å². The van der Waals surface area contributed by atoms with Gasteiger partial charge in [-0.05, 0) is 51.3 Å². The predicted octanol–water partition coefficient (Wildman–Crippen LogP) is 5.83. The van der Waals surface area contributed by atoms with Gasteiger partial charge < -0.3 is 9.47 Å². The first kappa shape index (κ1) is 25.7. The Morgan fingerprint density at radius 1 is 1.08 bits per heavy atom. The number of fused-ring (bicyclic) bond motifs is 1. The SMILES string of the molecule is COc1cc(/C=N\NC(=O)c2cc3cc([N+](=O)[O-])ccc3s2)cc(Br)c1OCc1cccc([N+](=O)[O-])c1. The molecule has 0 aliphatic heterocycles. The monoisotopic (exact) mass is 584 g/mol. The fourth-order valence-corrected chi connectivity index (χ4v) is 4.85. The van der Waals surface area contributed by atoms with Gasteiger partial charge in [0.25, 0.3) is 17.3 Å². The molecule has 1 amide bonds. The van der Waals surface area contributed by atoms with E-state index in [1.165, 1.54) is 48.9 Å².